The smallest absolute Gasteiger partial charge is 0.277 e. The molecule has 0 aromatic carbocycles. The molecule has 0 atom stereocenters. The summed E-state index contributed by atoms with van der Waals surface area (Å²) in [6.07, 6.45) is 5.74. The normalized spacial score (nSPS) is 24.1. The van der Waals surface area contributed by atoms with Crippen molar-refractivity contribution in [2.75, 3.05) is 6.54 Å². The maximum Gasteiger partial charge on any atom is 0.330 e. The number of nitrogens with zero attached hydrogens (tertiary/aromatic N) is 1. The van der Waals surface area contributed by atoms with E-state index in [0.29, 0.717) is 25.8 Å². The Morgan fingerprint density at radius 1 is 1.11 bits per heavy atom. The van der Waals surface area contributed by atoms with Crippen molar-refractivity contribution in [2.45, 2.75) is 51.9 Å². The molecule has 0 aromatic rings. The van der Waals surface area contributed by atoms with Gasteiger partial charge in [-0.25, -0.2) is 4.79 Å². The van der Waals surface area contributed by atoms with Crippen molar-refractivity contribution in [3.63, 3.8) is 0 Å². The molecular formula is C13H20N2O3. The minimum absolute atomic E-state index is 0.278. The Morgan fingerprint density at radius 2 is 1.72 bits per heavy atom. The largest absolute Gasteiger partial charge is 0.330 e. The number of imide groups is 2. The van der Waals surface area contributed by atoms with Gasteiger partial charge in [-0.05, 0) is 19.3 Å². The molecule has 1 aliphatic heterocycles. The van der Waals surface area contributed by atoms with Crippen LogP contribution in [0.1, 0.15) is 51.9 Å². The zero-order valence-corrected chi connectivity index (χ0v) is 10.8. The highest BCUT2D eigenvalue weighted by Gasteiger charge is 2.52. The van der Waals surface area contributed by atoms with Gasteiger partial charge < -0.3 is 0 Å². The van der Waals surface area contributed by atoms with Gasteiger partial charge in [-0.3, -0.25) is 19.8 Å². The molecule has 2 aliphatic rings. The SMILES string of the molecule is CCCN1C(=O)NC(=O)C2(CCCCCC2)C1=O. The first kappa shape index (κ1) is 13.1. The van der Waals surface area contributed by atoms with Crippen molar-refractivity contribution >= 4 is 17.8 Å². The highest BCUT2D eigenvalue weighted by molar-refractivity contribution is 6.19. The molecule has 1 saturated heterocycles. The summed E-state index contributed by atoms with van der Waals surface area (Å²) in [7, 11) is 0. The quantitative estimate of drug-likeness (QED) is 0.762. The van der Waals surface area contributed by atoms with Crippen LogP contribution >= 0.6 is 0 Å². The lowest BCUT2D eigenvalue weighted by Gasteiger charge is -2.38. The number of carbonyl (C=O) groups excluding carboxylic acids is 3. The fourth-order valence-electron chi connectivity index (χ4n) is 2.93. The Bertz CT molecular complexity index is 370. The van der Waals surface area contributed by atoms with Crippen LogP contribution in [0.25, 0.3) is 0 Å². The van der Waals surface area contributed by atoms with E-state index in [9.17, 15) is 14.4 Å². The summed E-state index contributed by atoms with van der Waals surface area (Å²) in [5.41, 5.74) is -0.973. The first-order valence-electron chi connectivity index (χ1n) is 6.79. The fraction of sp³-hybridized carbons (Fsp3) is 0.769. The van der Waals surface area contributed by atoms with Gasteiger partial charge in [0.25, 0.3) is 0 Å². The molecule has 4 amide bonds. The molecule has 5 heteroatoms. The summed E-state index contributed by atoms with van der Waals surface area (Å²) < 4.78 is 0. The summed E-state index contributed by atoms with van der Waals surface area (Å²) in [4.78, 5) is 37.5. The van der Waals surface area contributed by atoms with Crippen LogP contribution < -0.4 is 5.32 Å². The standard InChI is InChI=1S/C13H20N2O3/c1-2-9-15-11(17)13(10(16)14-12(15)18)7-5-3-4-6-8-13/h2-9H2,1H3,(H,14,16,18). The number of nitrogens with one attached hydrogen (secondary N) is 1. The molecule has 2 fully saturated rings. The summed E-state index contributed by atoms with van der Waals surface area (Å²) in [5, 5.41) is 2.36. The van der Waals surface area contributed by atoms with Crippen molar-refractivity contribution in [2.24, 2.45) is 5.41 Å². The number of barbiturate groups is 1. The Balaban J connectivity index is 2.29. The molecule has 2 rings (SSSR count). The van der Waals surface area contributed by atoms with Crippen molar-refractivity contribution in [1.82, 2.24) is 10.2 Å². The van der Waals surface area contributed by atoms with E-state index in [1.165, 1.54) is 4.90 Å². The van der Waals surface area contributed by atoms with Gasteiger partial charge in [0.1, 0.15) is 5.41 Å². The number of urea groups is 1. The second kappa shape index (κ2) is 5.08. The van der Waals surface area contributed by atoms with E-state index < -0.39 is 11.4 Å². The monoisotopic (exact) mass is 252 g/mol. The number of carbonyl (C=O) groups is 3. The molecule has 1 N–H and O–H groups in total. The highest BCUT2D eigenvalue weighted by atomic mass is 16.2. The minimum Gasteiger partial charge on any atom is -0.277 e. The third-order valence-corrected chi connectivity index (χ3v) is 3.96. The van der Waals surface area contributed by atoms with E-state index in [-0.39, 0.29) is 11.8 Å². The Kier molecular flexibility index (Phi) is 3.68. The maximum absolute atomic E-state index is 12.5. The molecule has 1 aliphatic carbocycles. The average molecular weight is 252 g/mol. The summed E-state index contributed by atoms with van der Waals surface area (Å²) in [6.45, 7) is 2.30. The molecular weight excluding hydrogens is 232 g/mol. The third-order valence-electron chi connectivity index (χ3n) is 3.96. The van der Waals surface area contributed by atoms with E-state index in [0.717, 1.165) is 25.7 Å². The van der Waals surface area contributed by atoms with Crippen molar-refractivity contribution in [3.8, 4) is 0 Å². The van der Waals surface area contributed by atoms with E-state index in [2.05, 4.69) is 5.32 Å². The Morgan fingerprint density at radius 3 is 2.28 bits per heavy atom. The highest BCUT2D eigenvalue weighted by Crippen LogP contribution is 2.39. The molecule has 0 bridgehead atoms. The Labute approximate surface area is 107 Å². The number of amides is 4. The molecule has 1 heterocycles. The first-order chi connectivity index (χ1) is 8.62. The van der Waals surface area contributed by atoms with E-state index in [4.69, 9.17) is 0 Å². The van der Waals surface area contributed by atoms with Crippen LogP contribution in [0.5, 0.6) is 0 Å². The van der Waals surface area contributed by atoms with Gasteiger partial charge in [-0.15, -0.1) is 0 Å². The summed E-state index contributed by atoms with van der Waals surface area (Å²) in [5.74, 6) is -0.660. The van der Waals surface area contributed by atoms with Gasteiger partial charge in [0.05, 0.1) is 0 Å². The molecule has 5 nitrogen and oxygen atoms in total. The van der Waals surface area contributed by atoms with Crippen LogP contribution in [0.15, 0.2) is 0 Å². The van der Waals surface area contributed by atoms with Crippen LogP contribution in [-0.4, -0.2) is 29.3 Å². The van der Waals surface area contributed by atoms with Gasteiger partial charge in [0, 0.05) is 6.54 Å². The third kappa shape index (κ3) is 2.02. The first-order valence-corrected chi connectivity index (χ1v) is 6.79. The lowest BCUT2D eigenvalue weighted by molar-refractivity contribution is -0.152. The van der Waals surface area contributed by atoms with Gasteiger partial charge in [-0.2, -0.15) is 0 Å². The van der Waals surface area contributed by atoms with E-state index >= 15 is 0 Å². The predicted octanol–water partition coefficient (Wildman–Crippen LogP) is 1.82. The molecule has 1 saturated carbocycles. The van der Waals surface area contributed by atoms with Gasteiger partial charge in [-0.1, -0.05) is 32.6 Å². The maximum atomic E-state index is 12.5. The van der Waals surface area contributed by atoms with Crippen LogP contribution in [0.3, 0.4) is 0 Å². The fourth-order valence-corrected chi connectivity index (χ4v) is 2.93. The van der Waals surface area contributed by atoms with Gasteiger partial charge in [0.15, 0.2) is 0 Å². The molecule has 0 unspecified atom stereocenters. The van der Waals surface area contributed by atoms with Crippen LogP contribution in [0.2, 0.25) is 0 Å². The lowest BCUT2D eigenvalue weighted by Crippen LogP contribution is -2.63. The van der Waals surface area contributed by atoms with E-state index in [1.807, 2.05) is 6.92 Å². The molecule has 1 spiro atoms. The van der Waals surface area contributed by atoms with Crippen molar-refractivity contribution < 1.29 is 14.4 Å². The number of hydrogen-bond acceptors (Lipinski definition) is 3. The summed E-state index contributed by atoms with van der Waals surface area (Å²) >= 11 is 0. The molecule has 0 radical (unpaired) electrons. The van der Waals surface area contributed by atoms with Crippen LogP contribution in [0, 0.1) is 5.41 Å². The number of rotatable bonds is 2. The Hall–Kier alpha value is -1.39. The molecule has 18 heavy (non-hydrogen) atoms. The van der Waals surface area contributed by atoms with Crippen LogP contribution in [0.4, 0.5) is 4.79 Å². The lowest BCUT2D eigenvalue weighted by atomic mass is 9.77. The van der Waals surface area contributed by atoms with Crippen molar-refractivity contribution in [3.05, 3.63) is 0 Å². The van der Waals surface area contributed by atoms with Crippen molar-refractivity contribution in [1.29, 1.82) is 0 Å². The van der Waals surface area contributed by atoms with Crippen LogP contribution in [-0.2, 0) is 9.59 Å². The average Bonchev–Trinajstić information content (AvgIpc) is 2.59. The van der Waals surface area contributed by atoms with Gasteiger partial charge >= 0.3 is 6.03 Å². The minimum atomic E-state index is -0.973. The van der Waals surface area contributed by atoms with Gasteiger partial charge in [0.2, 0.25) is 11.8 Å². The summed E-state index contributed by atoms with van der Waals surface area (Å²) in [6, 6.07) is -0.554. The number of hydrogen-bond donors (Lipinski definition) is 1. The molecule has 0 aromatic heterocycles. The topological polar surface area (TPSA) is 66.5 Å². The molecule has 100 valence electrons. The second-order valence-corrected chi connectivity index (χ2v) is 5.21. The zero-order valence-electron chi connectivity index (χ0n) is 10.8. The predicted molar refractivity (Wildman–Crippen MR) is 65.7 cm³/mol. The zero-order chi connectivity index (χ0) is 13.2. The second-order valence-electron chi connectivity index (χ2n) is 5.21. The van der Waals surface area contributed by atoms with E-state index in [1.54, 1.807) is 0 Å².